The Balaban J connectivity index is 1.43. The Kier molecular flexibility index (Phi) is 4.46. The van der Waals surface area contributed by atoms with Crippen LogP contribution in [0.3, 0.4) is 0 Å². The molecule has 1 amide bonds. The van der Waals surface area contributed by atoms with E-state index < -0.39 is 0 Å². The standard InChI is InChI=1S/C19H27N5O/c1-14(23-10-3-4-11-23)19(25)24-12-7-15(8-13-24)17-16-6-5-9-20-18(16)22(2)21-17/h5-6,9,14-15H,3-4,7-8,10-13H2,1-2H3. The van der Waals surface area contributed by atoms with Gasteiger partial charge in [-0.3, -0.25) is 14.4 Å². The van der Waals surface area contributed by atoms with Crippen LogP contribution in [0.2, 0.25) is 0 Å². The second-order valence-electron chi connectivity index (χ2n) is 7.40. The lowest BCUT2D eigenvalue weighted by Crippen LogP contribution is -2.48. The molecule has 0 saturated carbocycles. The summed E-state index contributed by atoms with van der Waals surface area (Å²) >= 11 is 0. The molecule has 6 heteroatoms. The summed E-state index contributed by atoms with van der Waals surface area (Å²) in [6, 6.07) is 4.11. The molecule has 2 aromatic rings. The number of rotatable bonds is 3. The van der Waals surface area contributed by atoms with E-state index >= 15 is 0 Å². The first-order valence-electron chi connectivity index (χ1n) is 9.45. The molecule has 0 aliphatic carbocycles. The molecule has 134 valence electrons. The largest absolute Gasteiger partial charge is 0.341 e. The summed E-state index contributed by atoms with van der Waals surface area (Å²) in [7, 11) is 1.95. The number of piperidine rings is 1. The Labute approximate surface area is 148 Å². The maximum Gasteiger partial charge on any atom is 0.239 e. The van der Waals surface area contributed by atoms with E-state index in [9.17, 15) is 4.79 Å². The highest BCUT2D eigenvalue weighted by atomic mass is 16.2. The molecule has 2 saturated heterocycles. The second-order valence-corrected chi connectivity index (χ2v) is 7.40. The molecule has 0 bridgehead atoms. The van der Waals surface area contributed by atoms with Crippen molar-refractivity contribution < 1.29 is 4.79 Å². The van der Waals surface area contributed by atoms with Gasteiger partial charge in [0.15, 0.2) is 5.65 Å². The van der Waals surface area contributed by atoms with Gasteiger partial charge in [0.2, 0.25) is 5.91 Å². The van der Waals surface area contributed by atoms with E-state index in [1.54, 1.807) is 0 Å². The fourth-order valence-electron chi connectivity index (χ4n) is 4.34. The zero-order chi connectivity index (χ0) is 17.4. The van der Waals surface area contributed by atoms with Crippen molar-refractivity contribution in [3.8, 4) is 0 Å². The van der Waals surface area contributed by atoms with Crippen LogP contribution in [0.5, 0.6) is 0 Å². The third-order valence-electron chi connectivity index (χ3n) is 5.87. The van der Waals surface area contributed by atoms with E-state index in [0.29, 0.717) is 11.8 Å². The second kappa shape index (κ2) is 6.75. The quantitative estimate of drug-likeness (QED) is 0.858. The highest BCUT2D eigenvalue weighted by molar-refractivity contribution is 5.82. The van der Waals surface area contributed by atoms with Crippen molar-refractivity contribution in [3.63, 3.8) is 0 Å². The number of hydrogen-bond acceptors (Lipinski definition) is 4. The Morgan fingerprint density at radius 1 is 1.20 bits per heavy atom. The van der Waals surface area contributed by atoms with Crippen molar-refractivity contribution in [2.75, 3.05) is 26.2 Å². The molecule has 0 radical (unpaired) electrons. The van der Waals surface area contributed by atoms with Crippen LogP contribution in [-0.2, 0) is 11.8 Å². The van der Waals surface area contributed by atoms with Crippen LogP contribution in [0.25, 0.3) is 11.0 Å². The van der Waals surface area contributed by atoms with Crippen molar-refractivity contribution in [1.29, 1.82) is 0 Å². The summed E-state index contributed by atoms with van der Waals surface area (Å²) in [5.74, 6) is 0.715. The Morgan fingerprint density at radius 3 is 2.64 bits per heavy atom. The zero-order valence-corrected chi connectivity index (χ0v) is 15.2. The maximum absolute atomic E-state index is 12.8. The lowest BCUT2D eigenvalue weighted by Gasteiger charge is -2.35. The van der Waals surface area contributed by atoms with Crippen LogP contribution >= 0.6 is 0 Å². The minimum Gasteiger partial charge on any atom is -0.341 e. The minimum atomic E-state index is 0.0268. The first kappa shape index (κ1) is 16.5. The average molecular weight is 341 g/mol. The smallest absolute Gasteiger partial charge is 0.239 e. The van der Waals surface area contributed by atoms with Gasteiger partial charge in [-0.25, -0.2) is 4.98 Å². The minimum absolute atomic E-state index is 0.0268. The van der Waals surface area contributed by atoms with Crippen LogP contribution in [0.15, 0.2) is 18.3 Å². The first-order valence-corrected chi connectivity index (χ1v) is 9.45. The molecule has 4 heterocycles. The van der Waals surface area contributed by atoms with Gasteiger partial charge in [0, 0.05) is 37.6 Å². The first-order chi connectivity index (χ1) is 12.1. The number of aryl methyl sites for hydroxylation is 1. The van der Waals surface area contributed by atoms with Gasteiger partial charge < -0.3 is 4.90 Å². The van der Waals surface area contributed by atoms with Gasteiger partial charge in [-0.15, -0.1) is 0 Å². The molecule has 25 heavy (non-hydrogen) atoms. The highest BCUT2D eigenvalue weighted by Crippen LogP contribution is 2.32. The molecule has 2 aliphatic rings. The van der Waals surface area contributed by atoms with Crippen molar-refractivity contribution in [3.05, 3.63) is 24.0 Å². The van der Waals surface area contributed by atoms with Crippen molar-refractivity contribution in [2.24, 2.45) is 7.05 Å². The van der Waals surface area contributed by atoms with Gasteiger partial charge in [-0.2, -0.15) is 5.10 Å². The lowest BCUT2D eigenvalue weighted by atomic mass is 9.91. The molecule has 1 unspecified atom stereocenters. The molecule has 0 spiro atoms. The van der Waals surface area contributed by atoms with Gasteiger partial charge in [-0.05, 0) is 57.8 Å². The van der Waals surface area contributed by atoms with Gasteiger partial charge in [0.05, 0.1) is 11.7 Å². The van der Waals surface area contributed by atoms with E-state index in [1.165, 1.54) is 12.8 Å². The maximum atomic E-state index is 12.8. The number of fused-ring (bicyclic) bond motifs is 1. The summed E-state index contributed by atoms with van der Waals surface area (Å²) < 4.78 is 1.87. The summed E-state index contributed by atoms with van der Waals surface area (Å²) in [5.41, 5.74) is 2.09. The van der Waals surface area contributed by atoms with E-state index in [2.05, 4.69) is 27.8 Å². The Hall–Kier alpha value is -1.95. The molecule has 2 aliphatic heterocycles. The van der Waals surface area contributed by atoms with Gasteiger partial charge >= 0.3 is 0 Å². The SMILES string of the molecule is CC(C(=O)N1CCC(c2nn(C)c3ncccc23)CC1)N1CCCC1. The van der Waals surface area contributed by atoms with Crippen molar-refractivity contribution in [2.45, 2.75) is 44.6 Å². The van der Waals surface area contributed by atoms with Crippen LogP contribution in [0.4, 0.5) is 0 Å². The van der Waals surface area contributed by atoms with Crippen LogP contribution < -0.4 is 0 Å². The number of pyridine rings is 1. The highest BCUT2D eigenvalue weighted by Gasteiger charge is 2.31. The molecule has 6 nitrogen and oxygen atoms in total. The Bertz CT molecular complexity index is 756. The predicted molar refractivity (Wildman–Crippen MR) is 97.3 cm³/mol. The average Bonchev–Trinajstić information content (AvgIpc) is 3.30. The number of aromatic nitrogens is 3. The third kappa shape index (κ3) is 3.03. The van der Waals surface area contributed by atoms with Crippen molar-refractivity contribution >= 4 is 16.9 Å². The van der Waals surface area contributed by atoms with Crippen LogP contribution in [-0.4, -0.2) is 62.7 Å². The zero-order valence-electron chi connectivity index (χ0n) is 15.2. The number of nitrogens with zero attached hydrogens (tertiary/aromatic N) is 5. The lowest BCUT2D eigenvalue weighted by molar-refractivity contribution is -0.137. The molecular weight excluding hydrogens is 314 g/mol. The number of carbonyl (C=O) groups is 1. The van der Waals surface area contributed by atoms with Gasteiger partial charge in [-0.1, -0.05) is 0 Å². The molecule has 2 fully saturated rings. The van der Waals surface area contributed by atoms with E-state index in [0.717, 1.165) is 55.7 Å². The van der Waals surface area contributed by atoms with E-state index in [1.807, 2.05) is 24.0 Å². The summed E-state index contributed by atoms with van der Waals surface area (Å²) in [5, 5.41) is 5.88. The monoisotopic (exact) mass is 341 g/mol. The molecule has 4 rings (SSSR count). The van der Waals surface area contributed by atoms with E-state index in [-0.39, 0.29) is 6.04 Å². The normalized spacial score (nSPS) is 21.1. The molecule has 0 aromatic carbocycles. The summed E-state index contributed by atoms with van der Waals surface area (Å²) in [6.07, 6.45) is 6.23. The van der Waals surface area contributed by atoms with Crippen LogP contribution in [0, 0.1) is 0 Å². The number of amides is 1. The Morgan fingerprint density at radius 2 is 1.92 bits per heavy atom. The summed E-state index contributed by atoms with van der Waals surface area (Å²) in [6.45, 7) is 5.87. The van der Waals surface area contributed by atoms with Crippen molar-refractivity contribution in [1.82, 2.24) is 24.6 Å². The number of hydrogen-bond donors (Lipinski definition) is 0. The van der Waals surface area contributed by atoms with Gasteiger partial charge in [0.1, 0.15) is 0 Å². The molecule has 0 N–H and O–H groups in total. The van der Waals surface area contributed by atoms with E-state index in [4.69, 9.17) is 5.10 Å². The number of carbonyl (C=O) groups excluding carboxylic acids is 1. The fourth-order valence-corrected chi connectivity index (χ4v) is 4.34. The predicted octanol–water partition coefficient (Wildman–Crippen LogP) is 2.16. The molecular formula is C19H27N5O. The number of likely N-dealkylation sites (tertiary alicyclic amines) is 2. The molecule has 1 atom stereocenters. The van der Waals surface area contributed by atoms with Gasteiger partial charge in [0.25, 0.3) is 0 Å². The topological polar surface area (TPSA) is 54.3 Å². The fraction of sp³-hybridized carbons (Fsp3) is 0.632. The molecule has 2 aromatic heterocycles. The van der Waals surface area contributed by atoms with Crippen LogP contribution in [0.1, 0.15) is 44.2 Å². The third-order valence-corrected chi connectivity index (χ3v) is 5.87. The summed E-state index contributed by atoms with van der Waals surface area (Å²) in [4.78, 5) is 21.6.